The summed E-state index contributed by atoms with van der Waals surface area (Å²) in [6.45, 7) is 0. The number of pyridine rings is 1. The van der Waals surface area contributed by atoms with Crippen molar-refractivity contribution < 1.29 is 4.74 Å². The van der Waals surface area contributed by atoms with E-state index in [0.717, 1.165) is 46.7 Å². The molecule has 1 fully saturated rings. The van der Waals surface area contributed by atoms with Gasteiger partial charge >= 0.3 is 0 Å². The van der Waals surface area contributed by atoms with Crippen LogP contribution < -0.4 is 10.5 Å². The molecular weight excluding hydrogens is 304 g/mol. The van der Waals surface area contributed by atoms with Crippen LogP contribution in [-0.4, -0.2) is 17.1 Å². The predicted molar refractivity (Wildman–Crippen MR) is 80.3 cm³/mol. The van der Waals surface area contributed by atoms with Crippen molar-refractivity contribution >= 4 is 26.7 Å². The first kappa shape index (κ1) is 12.9. The number of nitrogens with two attached hydrogens (primary N) is 1. The average molecular weight is 321 g/mol. The van der Waals surface area contributed by atoms with Gasteiger partial charge in [-0.2, -0.15) is 0 Å². The molecule has 1 aliphatic rings. The number of nitrogens with zero attached hydrogens (tertiary/aromatic N) is 1. The number of rotatable bonds is 2. The van der Waals surface area contributed by atoms with Crippen molar-refractivity contribution in [2.75, 3.05) is 0 Å². The summed E-state index contributed by atoms with van der Waals surface area (Å²) in [7, 11) is 0. The summed E-state index contributed by atoms with van der Waals surface area (Å²) < 4.78 is 7.14. The fourth-order valence-electron chi connectivity index (χ4n) is 2.59. The highest BCUT2D eigenvalue weighted by Crippen LogP contribution is 2.34. The van der Waals surface area contributed by atoms with Gasteiger partial charge in [-0.1, -0.05) is 0 Å². The topological polar surface area (TPSA) is 48.1 Å². The van der Waals surface area contributed by atoms with E-state index in [1.807, 2.05) is 18.3 Å². The second kappa shape index (κ2) is 5.47. The fraction of sp³-hybridized carbons (Fsp3) is 0.400. The molecule has 3 nitrogen and oxygen atoms in total. The van der Waals surface area contributed by atoms with E-state index in [-0.39, 0.29) is 6.10 Å². The molecule has 100 valence electrons. The fourth-order valence-corrected chi connectivity index (χ4v) is 3.17. The summed E-state index contributed by atoms with van der Waals surface area (Å²) in [5, 5.41) is 2.26. The zero-order chi connectivity index (χ0) is 13.2. The van der Waals surface area contributed by atoms with Gasteiger partial charge in [-0.05, 0) is 59.8 Å². The lowest BCUT2D eigenvalue weighted by molar-refractivity contribution is 0.146. The molecule has 0 unspecified atom stereocenters. The lowest BCUT2D eigenvalue weighted by Gasteiger charge is -2.27. The van der Waals surface area contributed by atoms with Crippen LogP contribution in [0.5, 0.6) is 5.75 Å². The van der Waals surface area contributed by atoms with Crippen molar-refractivity contribution in [2.24, 2.45) is 5.73 Å². The Morgan fingerprint density at radius 3 is 2.74 bits per heavy atom. The summed E-state index contributed by atoms with van der Waals surface area (Å²) in [5.74, 6) is 0.916. The first-order chi connectivity index (χ1) is 9.24. The number of aromatic nitrogens is 1. The maximum Gasteiger partial charge on any atom is 0.134 e. The van der Waals surface area contributed by atoms with Gasteiger partial charge in [0.05, 0.1) is 10.6 Å². The van der Waals surface area contributed by atoms with Crippen molar-refractivity contribution in [3.05, 3.63) is 35.1 Å². The first-order valence-corrected chi connectivity index (χ1v) is 7.48. The highest BCUT2D eigenvalue weighted by atomic mass is 79.9. The Morgan fingerprint density at radius 1 is 1.16 bits per heavy atom. The lowest BCUT2D eigenvalue weighted by Crippen LogP contribution is -2.31. The van der Waals surface area contributed by atoms with Gasteiger partial charge in [-0.15, -0.1) is 0 Å². The number of hydrogen-bond donors (Lipinski definition) is 1. The summed E-state index contributed by atoms with van der Waals surface area (Å²) in [6.07, 6.45) is 8.15. The Hall–Kier alpha value is -1.13. The van der Waals surface area contributed by atoms with Gasteiger partial charge in [-0.25, -0.2) is 0 Å². The monoisotopic (exact) mass is 320 g/mol. The molecule has 1 saturated carbocycles. The van der Waals surface area contributed by atoms with Crippen LogP contribution >= 0.6 is 15.9 Å². The maximum atomic E-state index is 6.12. The zero-order valence-corrected chi connectivity index (χ0v) is 12.3. The molecule has 0 saturated heterocycles. The van der Waals surface area contributed by atoms with Gasteiger partial charge in [0, 0.05) is 29.2 Å². The molecule has 2 aromatic rings. The largest absolute Gasteiger partial charge is 0.489 e. The molecule has 1 aromatic carbocycles. The Labute approximate surface area is 121 Å². The molecule has 0 spiro atoms. The molecule has 3 rings (SSSR count). The van der Waals surface area contributed by atoms with Crippen LogP contribution in [0.1, 0.15) is 25.7 Å². The van der Waals surface area contributed by atoms with Crippen LogP contribution in [0.3, 0.4) is 0 Å². The van der Waals surface area contributed by atoms with Crippen LogP contribution in [0.15, 0.2) is 35.1 Å². The highest BCUT2D eigenvalue weighted by Gasteiger charge is 2.20. The normalized spacial score (nSPS) is 23.5. The standard InChI is InChI=1S/C15H17BrN2O/c16-15-13-7-8-18-9-10(13)1-6-14(15)19-12-4-2-11(17)3-5-12/h1,6-9,11-12H,2-5,17H2. The summed E-state index contributed by atoms with van der Waals surface area (Å²) in [5.41, 5.74) is 5.92. The molecule has 19 heavy (non-hydrogen) atoms. The lowest BCUT2D eigenvalue weighted by atomic mass is 9.94. The number of halogens is 1. The zero-order valence-electron chi connectivity index (χ0n) is 10.7. The van der Waals surface area contributed by atoms with E-state index in [1.54, 1.807) is 6.20 Å². The molecule has 0 atom stereocenters. The second-order valence-corrected chi connectivity index (χ2v) is 5.92. The molecule has 0 radical (unpaired) electrons. The average Bonchev–Trinajstić information content (AvgIpc) is 2.45. The van der Waals surface area contributed by atoms with Gasteiger partial charge < -0.3 is 10.5 Å². The van der Waals surface area contributed by atoms with E-state index >= 15 is 0 Å². The van der Waals surface area contributed by atoms with Crippen molar-refractivity contribution in [1.82, 2.24) is 4.98 Å². The molecule has 0 aliphatic heterocycles. The van der Waals surface area contributed by atoms with Crippen molar-refractivity contribution in [2.45, 2.75) is 37.8 Å². The third-order valence-corrected chi connectivity index (χ3v) is 4.55. The van der Waals surface area contributed by atoms with E-state index in [2.05, 4.69) is 27.0 Å². The van der Waals surface area contributed by atoms with Gasteiger partial charge in [-0.3, -0.25) is 4.98 Å². The summed E-state index contributed by atoms with van der Waals surface area (Å²) >= 11 is 3.64. The smallest absolute Gasteiger partial charge is 0.134 e. The molecular formula is C15H17BrN2O. The van der Waals surface area contributed by atoms with Crippen LogP contribution in [0.25, 0.3) is 10.8 Å². The quantitative estimate of drug-likeness (QED) is 0.918. The molecule has 2 N–H and O–H groups in total. The highest BCUT2D eigenvalue weighted by molar-refractivity contribution is 9.10. The molecule has 1 aliphatic carbocycles. The van der Waals surface area contributed by atoms with Gasteiger partial charge in [0.1, 0.15) is 5.75 Å². The third-order valence-electron chi connectivity index (χ3n) is 3.73. The Kier molecular flexibility index (Phi) is 3.71. The summed E-state index contributed by atoms with van der Waals surface area (Å²) in [4.78, 5) is 4.13. The van der Waals surface area contributed by atoms with Crippen molar-refractivity contribution in [3.63, 3.8) is 0 Å². The van der Waals surface area contributed by atoms with Crippen molar-refractivity contribution in [3.8, 4) is 5.75 Å². The number of benzene rings is 1. The minimum absolute atomic E-state index is 0.287. The molecule has 0 amide bonds. The Bertz CT molecular complexity index is 579. The van der Waals surface area contributed by atoms with Crippen molar-refractivity contribution in [1.29, 1.82) is 0 Å². The van der Waals surface area contributed by atoms with Crippen LogP contribution in [0.2, 0.25) is 0 Å². The van der Waals surface area contributed by atoms with E-state index < -0.39 is 0 Å². The molecule has 4 heteroatoms. The molecule has 1 aromatic heterocycles. The first-order valence-electron chi connectivity index (χ1n) is 6.68. The Balaban J connectivity index is 1.83. The molecule has 0 bridgehead atoms. The van der Waals surface area contributed by atoms with E-state index in [1.165, 1.54) is 0 Å². The van der Waals surface area contributed by atoms with Crippen LogP contribution in [0, 0.1) is 0 Å². The predicted octanol–water partition coefficient (Wildman–Crippen LogP) is 3.65. The summed E-state index contributed by atoms with van der Waals surface area (Å²) in [6, 6.07) is 6.42. The van der Waals surface area contributed by atoms with E-state index in [4.69, 9.17) is 10.5 Å². The van der Waals surface area contributed by atoms with Crippen LogP contribution in [-0.2, 0) is 0 Å². The van der Waals surface area contributed by atoms with Gasteiger partial charge in [0.2, 0.25) is 0 Å². The van der Waals surface area contributed by atoms with Crippen LogP contribution in [0.4, 0.5) is 0 Å². The van der Waals surface area contributed by atoms with E-state index in [9.17, 15) is 0 Å². The third kappa shape index (κ3) is 2.74. The number of ether oxygens (including phenoxy) is 1. The number of fused-ring (bicyclic) bond motifs is 1. The SMILES string of the molecule is NC1CCC(Oc2ccc3cnccc3c2Br)CC1. The minimum atomic E-state index is 0.287. The van der Waals surface area contributed by atoms with E-state index in [0.29, 0.717) is 6.04 Å². The minimum Gasteiger partial charge on any atom is -0.489 e. The Morgan fingerprint density at radius 2 is 1.95 bits per heavy atom. The molecule has 1 heterocycles. The maximum absolute atomic E-state index is 6.12. The van der Waals surface area contributed by atoms with Gasteiger partial charge in [0.15, 0.2) is 0 Å². The van der Waals surface area contributed by atoms with Gasteiger partial charge in [0.25, 0.3) is 0 Å². The second-order valence-electron chi connectivity index (χ2n) is 5.13. The number of hydrogen-bond acceptors (Lipinski definition) is 3.